The molecule has 0 radical (unpaired) electrons. The third-order valence-corrected chi connectivity index (χ3v) is 4.40. The van der Waals surface area contributed by atoms with Crippen molar-refractivity contribution in [1.29, 1.82) is 0 Å². The normalized spacial score (nSPS) is 10.4. The van der Waals surface area contributed by atoms with Crippen LogP contribution in [0.25, 0.3) is 0 Å². The minimum Gasteiger partial charge on any atom is -0.319 e. The SMILES string of the molecule is CC(=O)c1cnc(N(C)c2cccc(Cl)c2Cl)s1. The molecule has 0 unspecified atom stereocenters. The number of nitrogens with zero attached hydrogens (tertiary/aromatic N) is 2. The van der Waals surface area contributed by atoms with Crippen molar-refractivity contribution < 1.29 is 4.79 Å². The Hall–Kier alpha value is -1.10. The molecule has 0 amide bonds. The first-order valence-electron chi connectivity index (χ1n) is 5.15. The first-order valence-corrected chi connectivity index (χ1v) is 6.72. The number of rotatable bonds is 3. The Labute approximate surface area is 119 Å². The van der Waals surface area contributed by atoms with Crippen molar-refractivity contribution in [2.24, 2.45) is 0 Å². The van der Waals surface area contributed by atoms with Crippen LogP contribution in [0.1, 0.15) is 16.6 Å². The van der Waals surface area contributed by atoms with Gasteiger partial charge in [0.25, 0.3) is 0 Å². The fourth-order valence-electron chi connectivity index (χ4n) is 1.44. The van der Waals surface area contributed by atoms with Crippen molar-refractivity contribution in [2.75, 3.05) is 11.9 Å². The second-order valence-electron chi connectivity index (χ2n) is 3.70. The van der Waals surface area contributed by atoms with Crippen LogP contribution >= 0.6 is 34.5 Å². The first kappa shape index (κ1) is 13.3. The summed E-state index contributed by atoms with van der Waals surface area (Å²) < 4.78 is 0. The van der Waals surface area contributed by atoms with E-state index in [4.69, 9.17) is 23.2 Å². The minimum atomic E-state index is 0.00402. The number of hydrogen-bond donors (Lipinski definition) is 0. The van der Waals surface area contributed by atoms with Gasteiger partial charge in [-0.3, -0.25) is 4.79 Å². The monoisotopic (exact) mass is 300 g/mol. The molecule has 3 nitrogen and oxygen atoms in total. The van der Waals surface area contributed by atoms with E-state index >= 15 is 0 Å². The second-order valence-corrected chi connectivity index (χ2v) is 5.49. The number of hydrogen-bond acceptors (Lipinski definition) is 4. The number of aromatic nitrogens is 1. The predicted molar refractivity (Wildman–Crippen MR) is 76.6 cm³/mol. The largest absolute Gasteiger partial charge is 0.319 e. The minimum absolute atomic E-state index is 0.00402. The summed E-state index contributed by atoms with van der Waals surface area (Å²) in [5, 5.41) is 1.66. The van der Waals surface area contributed by atoms with E-state index in [1.165, 1.54) is 18.3 Å². The number of carbonyl (C=O) groups is 1. The van der Waals surface area contributed by atoms with Gasteiger partial charge in [0.05, 0.1) is 26.8 Å². The summed E-state index contributed by atoms with van der Waals surface area (Å²) in [5.74, 6) is 0.00402. The van der Waals surface area contributed by atoms with Gasteiger partial charge in [0.1, 0.15) is 0 Å². The quantitative estimate of drug-likeness (QED) is 0.787. The maximum Gasteiger partial charge on any atom is 0.190 e. The van der Waals surface area contributed by atoms with Crippen molar-refractivity contribution in [1.82, 2.24) is 4.98 Å². The average molecular weight is 301 g/mol. The van der Waals surface area contributed by atoms with Gasteiger partial charge < -0.3 is 4.90 Å². The van der Waals surface area contributed by atoms with Crippen molar-refractivity contribution in [3.8, 4) is 0 Å². The second kappa shape index (κ2) is 5.26. The van der Waals surface area contributed by atoms with E-state index in [2.05, 4.69) is 4.98 Å². The van der Waals surface area contributed by atoms with Crippen LogP contribution in [0.15, 0.2) is 24.4 Å². The van der Waals surface area contributed by atoms with Crippen LogP contribution in [-0.4, -0.2) is 17.8 Å². The molecule has 0 saturated carbocycles. The van der Waals surface area contributed by atoms with Crippen molar-refractivity contribution in [3.05, 3.63) is 39.3 Å². The molecule has 2 aromatic rings. The Morgan fingerprint density at radius 2 is 2.11 bits per heavy atom. The van der Waals surface area contributed by atoms with Crippen LogP contribution < -0.4 is 4.90 Å². The summed E-state index contributed by atoms with van der Waals surface area (Å²) in [5.41, 5.74) is 0.758. The summed E-state index contributed by atoms with van der Waals surface area (Å²) in [7, 11) is 1.83. The van der Waals surface area contributed by atoms with Crippen LogP contribution in [-0.2, 0) is 0 Å². The maximum atomic E-state index is 11.2. The predicted octanol–water partition coefficient (Wildman–Crippen LogP) is 4.42. The zero-order chi connectivity index (χ0) is 13.3. The number of carbonyl (C=O) groups excluding carboxylic acids is 1. The van der Waals surface area contributed by atoms with Crippen LogP contribution in [0.4, 0.5) is 10.8 Å². The number of benzene rings is 1. The molecule has 0 fully saturated rings. The third kappa shape index (κ3) is 2.51. The highest BCUT2D eigenvalue weighted by molar-refractivity contribution is 7.17. The lowest BCUT2D eigenvalue weighted by Gasteiger charge is -2.17. The molecule has 0 aliphatic heterocycles. The molecule has 0 N–H and O–H groups in total. The Morgan fingerprint density at radius 3 is 2.72 bits per heavy atom. The molecule has 1 heterocycles. The van der Waals surface area contributed by atoms with E-state index in [1.807, 2.05) is 24.1 Å². The molecule has 1 aromatic heterocycles. The molecule has 0 atom stereocenters. The van der Waals surface area contributed by atoms with Gasteiger partial charge in [0, 0.05) is 14.0 Å². The average Bonchev–Trinajstić information content (AvgIpc) is 2.81. The van der Waals surface area contributed by atoms with Crippen LogP contribution in [0.5, 0.6) is 0 Å². The summed E-state index contributed by atoms with van der Waals surface area (Å²) in [4.78, 5) is 17.9. The van der Waals surface area contributed by atoms with E-state index < -0.39 is 0 Å². The van der Waals surface area contributed by atoms with Gasteiger partial charge in [-0.25, -0.2) is 4.98 Å². The van der Waals surface area contributed by atoms with Crippen LogP contribution in [0.2, 0.25) is 10.0 Å². The van der Waals surface area contributed by atoms with E-state index in [1.54, 1.807) is 12.3 Å². The van der Waals surface area contributed by atoms with Crippen molar-refractivity contribution in [2.45, 2.75) is 6.92 Å². The van der Waals surface area contributed by atoms with Crippen molar-refractivity contribution >= 4 is 51.1 Å². The molecule has 0 aliphatic carbocycles. The highest BCUT2D eigenvalue weighted by atomic mass is 35.5. The van der Waals surface area contributed by atoms with E-state index in [0.717, 1.165) is 5.69 Å². The highest BCUT2D eigenvalue weighted by Crippen LogP contribution is 2.36. The number of halogens is 2. The van der Waals surface area contributed by atoms with E-state index in [0.29, 0.717) is 20.1 Å². The summed E-state index contributed by atoms with van der Waals surface area (Å²) >= 11 is 13.4. The topological polar surface area (TPSA) is 33.2 Å². The number of thiazole rings is 1. The molecular weight excluding hydrogens is 291 g/mol. The lowest BCUT2D eigenvalue weighted by atomic mass is 10.3. The van der Waals surface area contributed by atoms with Gasteiger partial charge >= 0.3 is 0 Å². The molecule has 0 saturated heterocycles. The fraction of sp³-hybridized carbons (Fsp3) is 0.167. The lowest BCUT2D eigenvalue weighted by Crippen LogP contribution is -2.09. The zero-order valence-corrected chi connectivity index (χ0v) is 12.1. The molecule has 18 heavy (non-hydrogen) atoms. The van der Waals surface area contributed by atoms with Gasteiger partial charge in [-0.2, -0.15) is 0 Å². The summed E-state index contributed by atoms with van der Waals surface area (Å²) in [6.07, 6.45) is 1.57. The zero-order valence-electron chi connectivity index (χ0n) is 9.78. The molecule has 0 aliphatic rings. The Bertz CT molecular complexity index is 598. The van der Waals surface area contributed by atoms with Gasteiger partial charge in [0.2, 0.25) is 0 Å². The highest BCUT2D eigenvalue weighted by Gasteiger charge is 2.14. The van der Waals surface area contributed by atoms with Crippen LogP contribution in [0.3, 0.4) is 0 Å². The molecular formula is C12H10Cl2N2OS. The van der Waals surface area contributed by atoms with Gasteiger partial charge in [-0.1, -0.05) is 40.6 Å². The number of Topliss-reactive ketones (excluding diaryl/α,β-unsaturated/α-hetero) is 1. The standard InChI is InChI=1S/C12H10Cl2N2OS/c1-7(17)10-6-15-12(18-10)16(2)9-5-3-4-8(13)11(9)14/h3-6H,1-2H3. The Kier molecular flexibility index (Phi) is 3.90. The summed E-state index contributed by atoms with van der Waals surface area (Å²) in [6, 6.07) is 5.40. The molecule has 94 valence electrons. The molecule has 1 aromatic carbocycles. The molecule has 2 rings (SSSR count). The van der Waals surface area contributed by atoms with Crippen molar-refractivity contribution in [3.63, 3.8) is 0 Å². The smallest absolute Gasteiger partial charge is 0.190 e. The Balaban J connectivity index is 2.38. The molecule has 0 spiro atoms. The molecule has 6 heteroatoms. The number of anilines is 2. The lowest BCUT2D eigenvalue weighted by molar-refractivity contribution is 0.102. The van der Waals surface area contributed by atoms with Gasteiger partial charge in [-0.05, 0) is 12.1 Å². The third-order valence-electron chi connectivity index (χ3n) is 2.42. The van der Waals surface area contributed by atoms with Gasteiger partial charge in [-0.15, -0.1) is 0 Å². The maximum absolute atomic E-state index is 11.2. The molecule has 0 bridgehead atoms. The van der Waals surface area contributed by atoms with Gasteiger partial charge in [0.15, 0.2) is 10.9 Å². The number of ketones is 1. The Morgan fingerprint density at radius 1 is 1.39 bits per heavy atom. The summed E-state index contributed by atoms with van der Waals surface area (Å²) in [6.45, 7) is 1.52. The van der Waals surface area contributed by atoms with Crippen LogP contribution in [0, 0.1) is 0 Å². The van der Waals surface area contributed by atoms with E-state index in [9.17, 15) is 4.79 Å². The fourth-order valence-corrected chi connectivity index (χ4v) is 2.65. The first-order chi connectivity index (χ1) is 8.50. The van der Waals surface area contributed by atoms with E-state index in [-0.39, 0.29) is 5.78 Å².